The van der Waals surface area contributed by atoms with E-state index in [0.717, 1.165) is 28.3 Å². The van der Waals surface area contributed by atoms with Crippen LogP contribution in [-0.2, 0) is 12.0 Å². The smallest absolute Gasteiger partial charge is 0.255 e. The Labute approximate surface area is 185 Å². The average molecular weight is 418 g/mol. The van der Waals surface area contributed by atoms with Gasteiger partial charge in [0.05, 0.1) is 6.61 Å². The SMILES string of the molecule is CCOc1ccc(C(=O)Nc2ccc(C)cc2)cc1COc1ccc(C(C)(C)C)cc1. The van der Waals surface area contributed by atoms with Crippen molar-refractivity contribution in [2.75, 3.05) is 11.9 Å². The Morgan fingerprint density at radius 1 is 0.903 bits per heavy atom. The third-order valence-corrected chi connectivity index (χ3v) is 5.05. The van der Waals surface area contributed by atoms with Gasteiger partial charge in [-0.25, -0.2) is 0 Å². The van der Waals surface area contributed by atoms with Crippen molar-refractivity contribution >= 4 is 11.6 Å². The number of amides is 1. The minimum atomic E-state index is -0.164. The number of ether oxygens (including phenoxy) is 2. The van der Waals surface area contributed by atoms with Gasteiger partial charge < -0.3 is 14.8 Å². The number of benzene rings is 3. The Kier molecular flexibility index (Phi) is 7.01. The summed E-state index contributed by atoms with van der Waals surface area (Å²) in [6.07, 6.45) is 0. The highest BCUT2D eigenvalue weighted by Crippen LogP contribution is 2.26. The normalized spacial score (nSPS) is 11.1. The largest absolute Gasteiger partial charge is 0.493 e. The predicted molar refractivity (Wildman–Crippen MR) is 126 cm³/mol. The molecule has 0 radical (unpaired) electrons. The molecule has 0 heterocycles. The van der Waals surface area contributed by atoms with Crippen molar-refractivity contribution in [2.24, 2.45) is 0 Å². The van der Waals surface area contributed by atoms with E-state index in [0.29, 0.717) is 18.8 Å². The van der Waals surface area contributed by atoms with Crippen molar-refractivity contribution in [3.05, 3.63) is 89.0 Å². The predicted octanol–water partition coefficient (Wildman–Crippen LogP) is 6.52. The number of aryl methyl sites for hydroxylation is 1. The number of hydrogen-bond donors (Lipinski definition) is 1. The van der Waals surface area contributed by atoms with Crippen LogP contribution in [0.15, 0.2) is 66.7 Å². The second kappa shape index (κ2) is 9.69. The van der Waals surface area contributed by atoms with Crippen LogP contribution in [0.5, 0.6) is 11.5 Å². The van der Waals surface area contributed by atoms with E-state index in [-0.39, 0.29) is 11.3 Å². The van der Waals surface area contributed by atoms with E-state index in [4.69, 9.17) is 9.47 Å². The summed E-state index contributed by atoms with van der Waals surface area (Å²) in [6, 6.07) is 21.3. The fourth-order valence-corrected chi connectivity index (χ4v) is 3.18. The van der Waals surface area contributed by atoms with Crippen molar-refractivity contribution in [1.29, 1.82) is 0 Å². The Bertz CT molecular complexity index is 1020. The van der Waals surface area contributed by atoms with Gasteiger partial charge in [0.2, 0.25) is 0 Å². The molecule has 3 aromatic rings. The minimum absolute atomic E-state index is 0.0970. The summed E-state index contributed by atoms with van der Waals surface area (Å²) in [7, 11) is 0. The zero-order valence-electron chi connectivity index (χ0n) is 19.0. The molecule has 0 atom stereocenters. The van der Waals surface area contributed by atoms with Gasteiger partial charge in [-0.3, -0.25) is 4.79 Å². The molecular formula is C27H31NO3. The summed E-state index contributed by atoms with van der Waals surface area (Å²) in [5.41, 5.74) is 4.66. The topological polar surface area (TPSA) is 47.6 Å². The van der Waals surface area contributed by atoms with Gasteiger partial charge in [0.25, 0.3) is 5.91 Å². The number of rotatable bonds is 7. The lowest BCUT2D eigenvalue weighted by Crippen LogP contribution is -2.13. The summed E-state index contributed by atoms with van der Waals surface area (Å²) in [6.45, 7) is 11.4. The van der Waals surface area contributed by atoms with Crippen molar-refractivity contribution in [1.82, 2.24) is 0 Å². The lowest BCUT2D eigenvalue weighted by molar-refractivity contribution is 0.102. The first-order valence-corrected chi connectivity index (χ1v) is 10.6. The van der Waals surface area contributed by atoms with Gasteiger partial charge in [0.1, 0.15) is 18.1 Å². The third kappa shape index (κ3) is 6.11. The van der Waals surface area contributed by atoms with Crippen LogP contribution in [0.4, 0.5) is 5.69 Å². The maximum atomic E-state index is 12.7. The molecule has 0 spiro atoms. The average Bonchev–Trinajstić information content (AvgIpc) is 2.74. The molecule has 0 saturated heterocycles. The van der Waals surface area contributed by atoms with Gasteiger partial charge in [-0.05, 0) is 67.3 Å². The summed E-state index contributed by atoms with van der Waals surface area (Å²) in [5, 5.41) is 2.94. The van der Waals surface area contributed by atoms with Gasteiger partial charge >= 0.3 is 0 Å². The van der Waals surface area contributed by atoms with Crippen LogP contribution >= 0.6 is 0 Å². The molecule has 1 amide bonds. The zero-order chi connectivity index (χ0) is 22.4. The van der Waals surface area contributed by atoms with E-state index in [1.807, 2.05) is 62.4 Å². The van der Waals surface area contributed by atoms with E-state index < -0.39 is 0 Å². The standard InChI is InChI=1S/C27H31NO3/c1-6-30-25-16-9-20(26(29)28-23-12-7-19(2)8-13-23)17-21(25)18-31-24-14-10-22(11-15-24)27(3,4)5/h7-17H,6,18H2,1-5H3,(H,28,29). The lowest BCUT2D eigenvalue weighted by atomic mass is 9.87. The highest BCUT2D eigenvalue weighted by atomic mass is 16.5. The van der Waals surface area contributed by atoms with Crippen molar-refractivity contribution < 1.29 is 14.3 Å². The monoisotopic (exact) mass is 417 g/mol. The second-order valence-corrected chi connectivity index (χ2v) is 8.64. The molecule has 4 nitrogen and oxygen atoms in total. The van der Waals surface area contributed by atoms with Crippen molar-refractivity contribution in [2.45, 2.75) is 46.6 Å². The van der Waals surface area contributed by atoms with Gasteiger partial charge in [-0.2, -0.15) is 0 Å². The van der Waals surface area contributed by atoms with Gasteiger partial charge in [0.15, 0.2) is 0 Å². The summed E-state index contributed by atoms with van der Waals surface area (Å²) in [4.78, 5) is 12.7. The summed E-state index contributed by atoms with van der Waals surface area (Å²) in [5.74, 6) is 1.34. The van der Waals surface area contributed by atoms with E-state index in [1.54, 1.807) is 6.07 Å². The zero-order valence-corrected chi connectivity index (χ0v) is 19.0. The quantitative estimate of drug-likeness (QED) is 0.476. The molecule has 0 aliphatic rings. The number of carbonyl (C=O) groups is 1. The van der Waals surface area contributed by atoms with Crippen molar-refractivity contribution in [3.63, 3.8) is 0 Å². The minimum Gasteiger partial charge on any atom is -0.493 e. The van der Waals surface area contributed by atoms with E-state index in [9.17, 15) is 4.79 Å². The molecule has 31 heavy (non-hydrogen) atoms. The molecule has 0 fully saturated rings. The van der Waals surface area contributed by atoms with Crippen LogP contribution < -0.4 is 14.8 Å². The first-order chi connectivity index (χ1) is 14.8. The Morgan fingerprint density at radius 3 is 2.19 bits per heavy atom. The van der Waals surface area contributed by atoms with E-state index >= 15 is 0 Å². The van der Waals surface area contributed by atoms with Crippen LogP contribution in [0.1, 0.15) is 54.7 Å². The van der Waals surface area contributed by atoms with Crippen LogP contribution in [0.25, 0.3) is 0 Å². The highest BCUT2D eigenvalue weighted by Gasteiger charge is 2.14. The molecule has 3 aromatic carbocycles. The Balaban J connectivity index is 1.75. The van der Waals surface area contributed by atoms with Gasteiger partial charge in [0, 0.05) is 16.8 Å². The molecule has 0 saturated carbocycles. The molecule has 0 bridgehead atoms. The fourth-order valence-electron chi connectivity index (χ4n) is 3.18. The molecule has 0 aliphatic carbocycles. The maximum absolute atomic E-state index is 12.7. The van der Waals surface area contributed by atoms with Crippen LogP contribution in [-0.4, -0.2) is 12.5 Å². The number of hydrogen-bond acceptors (Lipinski definition) is 3. The van der Waals surface area contributed by atoms with Crippen molar-refractivity contribution in [3.8, 4) is 11.5 Å². The molecule has 4 heteroatoms. The molecule has 0 aromatic heterocycles. The third-order valence-electron chi connectivity index (χ3n) is 5.05. The lowest BCUT2D eigenvalue weighted by Gasteiger charge is -2.19. The first kappa shape index (κ1) is 22.4. The van der Waals surface area contributed by atoms with Crippen LogP contribution in [0, 0.1) is 6.92 Å². The summed E-state index contributed by atoms with van der Waals surface area (Å²) < 4.78 is 11.7. The maximum Gasteiger partial charge on any atom is 0.255 e. The molecule has 3 rings (SSSR count). The second-order valence-electron chi connectivity index (χ2n) is 8.64. The number of carbonyl (C=O) groups excluding carboxylic acids is 1. The highest BCUT2D eigenvalue weighted by molar-refractivity contribution is 6.04. The van der Waals surface area contributed by atoms with E-state index in [1.165, 1.54) is 5.56 Å². The Morgan fingerprint density at radius 2 is 1.58 bits per heavy atom. The fraction of sp³-hybridized carbons (Fsp3) is 0.296. The van der Waals surface area contributed by atoms with Crippen LogP contribution in [0.3, 0.4) is 0 Å². The molecule has 0 unspecified atom stereocenters. The molecule has 162 valence electrons. The van der Waals surface area contributed by atoms with Crippen LogP contribution in [0.2, 0.25) is 0 Å². The van der Waals surface area contributed by atoms with E-state index in [2.05, 4.69) is 38.2 Å². The summed E-state index contributed by atoms with van der Waals surface area (Å²) >= 11 is 0. The number of anilines is 1. The molecule has 0 aliphatic heterocycles. The number of nitrogens with one attached hydrogen (secondary N) is 1. The molecule has 1 N–H and O–H groups in total. The first-order valence-electron chi connectivity index (χ1n) is 10.6. The molecular weight excluding hydrogens is 386 g/mol. The van der Waals surface area contributed by atoms with Gasteiger partial charge in [-0.1, -0.05) is 50.6 Å². The Hall–Kier alpha value is -3.27. The van der Waals surface area contributed by atoms with Gasteiger partial charge in [-0.15, -0.1) is 0 Å².